The molecule has 0 saturated heterocycles. The molecular formula is C26H36N4O3. The standard InChI is InChI=1S/C20H18N4O3.3C2H6/c1-2-26-20(25)15-11-13-23-17(15)19(27-14-8-4-3-5-9-14)24-18(21)16-10-6-7-12-22-16;3*1-2/h3-13,21,23H,2H2,1H3;3*1-2H3. The number of hydrogen-bond acceptors (Lipinski definition) is 5. The Hall–Kier alpha value is -3.74. The number of aliphatic imine (C=N–C) groups is 1. The molecule has 0 bridgehead atoms. The minimum Gasteiger partial charge on any atom is -0.462 e. The lowest BCUT2D eigenvalue weighted by molar-refractivity contribution is 0.0526. The van der Waals surface area contributed by atoms with Gasteiger partial charge in [0.2, 0.25) is 5.90 Å². The zero-order valence-electron chi connectivity index (χ0n) is 20.7. The highest BCUT2D eigenvalue weighted by atomic mass is 16.5. The first-order chi connectivity index (χ1) is 16.2. The van der Waals surface area contributed by atoms with E-state index in [1.54, 1.807) is 55.7 Å². The first-order valence-corrected chi connectivity index (χ1v) is 11.4. The van der Waals surface area contributed by atoms with Gasteiger partial charge in [-0.25, -0.2) is 4.79 Å². The second kappa shape index (κ2) is 17.9. The van der Waals surface area contributed by atoms with Gasteiger partial charge in [0.25, 0.3) is 0 Å². The van der Waals surface area contributed by atoms with E-state index in [0.717, 1.165) is 0 Å². The highest BCUT2D eigenvalue weighted by Crippen LogP contribution is 2.16. The molecule has 178 valence electrons. The number of benzene rings is 1. The van der Waals surface area contributed by atoms with Crippen LogP contribution in [0.4, 0.5) is 0 Å². The van der Waals surface area contributed by atoms with Crippen molar-refractivity contribution in [1.29, 1.82) is 5.41 Å². The molecule has 0 saturated carbocycles. The van der Waals surface area contributed by atoms with Crippen LogP contribution in [0.15, 0.2) is 72.0 Å². The number of carbonyl (C=O) groups excluding carboxylic acids is 1. The molecule has 0 spiro atoms. The summed E-state index contributed by atoms with van der Waals surface area (Å²) >= 11 is 0. The number of esters is 1. The van der Waals surface area contributed by atoms with E-state index in [2.05, 4.69) is 15.0 Å². The van der Waals surface area contributed by atoms with Crippen LogP contribution in [-0.4, -0.2) is 34.3 Å². The number of aromatic nitrogens is 2. The second-order valence-corrected chi connectivity index (χ2v) is 5.38. The summed E-state index contributed by atoms with van der Waals surface area (Å²) in [6, 6.07) is 15.8. The first-order valence-electron chi connectivity index (χ1n) is 11.4. The Bertz CT molecular complexity index is 952. The van der Waals surface area contributed by atoms with Gasteiger partial charge in [-0.3, -0.25) is 10.4 Å². The average molecular weight is 453 g/mol. The summed E-state index contributed by atoms with van der Waals surface area (Å²) in [7, 11) is 0. The lowest BCUT2D eigenvalue weighted by Crippen LogP contribution is -2.18. The number of nitrogens with one attached hydrogen (secondary N) is 2. The third kappa shape index (κ3) is 9.51. The van der Waals surface area contributed by atoms with Crippen LogP contribution in [0.3, 0.4) is 0 Å². The third-order valence-electron chi connectivity index (χ3n) is 3.53. The van der Waals surface area contributed by atoms with Crippen molar-refractivity contribution in [2.75, 3.05) is 6.61 Å². The lowest BCUT2D eigenvalue weighted by atomic mass is 10.2. The molecule has 0 atom stereocenters. The molecule has 0 aliphatic carbocycles. The quantitative estimate of drug-likeness (QED) is 0.261. The number of para-hydroxylation sites is 1. The van der Waals surface area contributed by atoms with Crippen LogP contribution in [0.2, 0.25) is 0 Å². The van der Waals surface area contributed by atoms with Gasteiger partial charge in [-0.1, -0.05) is 65.8 Å². The predicted molar refractivity (Wildman–Crippen MR) is 135 cm³/mol. The third-order valence-corrected chi connectivity index (χ3v) is 3.53. The topological polar surface area (TPSA) is 100 Å². The monoisotopic (exact) mass is 452 g/mol. The van der Waals surface area contributed by atoms with Crippen molar-refractivity contribution in [1.82, 2.24) is 9.97 Å². The van der Waals surface area contributed by atoms with Crippen LogP contribution >= 0.6 is 0 Å². The molecule has 7 heteroatoms. The van der Waals surface area contributed by atoms with E-state index < -0.39 is 5.97 Å². The van der Waals surface area contributed by atoms with E-state index in [0.29, 0.717) is 17.1 Å². The Balaban J connectivity index is 0.00000158. The van der Waals surface area contributed by atoms with Crippen molar-refractivity contribution < 1.29 is 14.3 Å². The summed E-state index contributed by atoms with van der Waals surface area (Å²) in [6.45, 7) is 14.0. The van der Waals surface area contributed by atoms with Gasteiger partial charge >= 0.3 is 5.97 Å². The molecular weight excluding hydrogens is 416 g/mol. The largest absolute Gasteiger partial charge is 0.462 e. The number of ether oxygens (including phenoxy) is 2. The van der Waals surface area contributed by atoms with E-state index in [-0.39, 0.29) is 23.9 Å². The van der Waals surface area contributed by atoms with Crippen LogP contribution in [0.5, 0.6) is 5.75 Å². The number of nitrogens with zero attached hydrogens (tertiary/aromatic N) is 2. The molecule has 0 fully saturated rings. The van der Waals surface area contributed by atoms with Crippen LogP contribution in [0.25, 0.3) is 0 Å². The number of hydrogen-bond donors (Lipinski definition) is 2. The van der Waals surface area contributed by atoms with Gasteiger partial charge in [0.15, 0.2) is 5.84 Å². The van der Waals surface area contributed by atoms with Crippen LogP contribution in [-0.2, 0) is 4.74 Å². The molecule has 7 nitrogen and oxygen atoms in total. The number of pyridine rings is 1. The molecule has 0 amide bonds. The highest BCUT2D eigenvalue weighted by molar-refractivity contribution is 6.11. The predicted octanol–water partition coefficient (Wildman–Crippen LogP) is 6.52. The summed E-state index contributed by atoms with van der Waals surface area (Å²) in [5.74, 6) is 0.00723. The van der Waals surface area contributed by atoms with Gasteiger partial charge in [-0.05, 0) is 37.3 Å². The fourth-order valence-electron chi connectivity index (χ4n) is 2.32. The van der Waals surface area contributed by atoms with Crippen LogP contribution < -0.4 is 4.74 Å². The Labute approximate surface area is 197 Å². The van der Waals surface area contributed by atoms with Gasteiger partial charge in [-0.2, -0.15) is 4.99 Å². The number of carbonyl (C=O) groups is 1. The Morgan fingerprint density at radius 3 is 2.18 bits per heavy atom. The zero-order chi connectivity index (χ0) is 25.1. The summed E-state index contributed by atoms with van der Waals surface area (Å²) in [6.07, 6.45) is 3.17. The van der Waals surface area contributed by atoms with Crippen LogP contribution in [0, 0.1) is 5.41 Å². The van der Waals surface area contributed by atoms with Crippen molar-refractivity contribution >= 4 is 17.7 Å². The summed E-state index contributed by atoms with van der Waals surface area (Å²) in [5, 5.41) is 8.23. The van der Waals surface area contributed by atoms with Crippen molar-refractivity contribution in [2.45, 2.75) is 48.5 Å². The van der Waals surface area contributed by atoms with E-state index in [4.69, 9.17) is 14.9 Å². The van der Waals surface area contributed by atoms with Crippen LogP contribution in [0.1, 0.15) is 70.2 Å². The smallest absolute Gasteiger partial charge is 0.340 e. The average Bonchev–Trinajstić information content (AvgIpc) is 3.39. The molecule has 3 aromatic rings. The molecule has 0 unspecified atom stereocenters. The summed E-state index contributed by atoms with van der Waals surface area (Å²) < 4.78 is 10.9. The second-order valence-electron chi connectivity index (χ2n) is 5.38. The molecule has 3 rings (SSSR count). The first kappa shape index (κ1) is 29.3. The van der Waals surface area contributed by atoms with Crippen molar-refractivity contribution in [3.8, 4) is 5.75 Å². The van der Waals surface area contributed by atoms with Crippen molar-refractivity contribution in [2.24, 2.45) is 4.99 Å². The zero-order valence-corrected chi connectivity index (χ0v) is 20.7. The fourth-order valence-corrected chi connectivity index (χ4v) is 2.32. The Morgan fingerprint density at radius 2 is 1.61 bits per heavy atom. The number of aromatic amines is 1. The number of rotatable bonds is 5. The molecule has 2 heterocycles. The summed E-state index contributed by atoms with van der Waals surface area (Å²) in [5.41, 5.74) is 0.995. The minimum atomic E-state index is -0.498. The van der Waals surface area contributed by atoms with Gasteiger partial charge in [0, 0.05) is 12.4 Å². The van der Waals surface area contributed by atoms with E-state index in [9.17, 15) is 4.79 Å². The maximum atomic E-state index is 12.2. The minimum absolute atomic E-state index is 0.0740. The van der Waals surface area contributed by atoms with Gasteiger partial charge in [-0.15, -0.1) is 0 Å². The van der Waals surface area contributed by atoms with Gasteiger partial charge < -0.3 is 14.5 Å². The van der Waals surface area contributed by atoms with E-state index in [1.165, 1.54) is 0 Å². The van der Waals surface area contributed by atoms with E-state index >= 15 is 0 Å². The lowest BCUT2D eigenvalue weighted by Gasteiger charge is -2.10. The molecule has 2 N–H and O–H groups in total. The maximum absolute atomic E-state index is 12.2. The van der Waals surface area contributed by atoms with Gasteiger partial charge in [0.05, 0.1) is 12.2 Å². The Kier molecular flexibility index (Phi) is 15.9. The molecule has 0 aliphatic heterocycles. The SMILES string of the molecule is CC.CC.CC.CCOC(=O)c1cc[nH]c1C(=NC(=N)c1ccccn1)Oc1ccccc1. The molecule has 2 aromatic heterocycles. The van der Waals surface area contributed by atoms with Crippen molar-refractivity contribution in [3.05, 3.63) is 83.9 Å². The van der Waals surface area contributed by atoms with Gasteiger partial charge in [0.1, 0.15) is 17.1 Å². The maximum Gasteiger partial charge on any atom is 0.340 e. The summed E-state index contributed by atoms with van der Waals surface area (Å²) in [4.78, 5) is 23.6. The van der Waals surface area contributed by atoms with E-state index in [1.807, 2.05) is 59.7 Å². The molecule has 0 radical (unpaired) electrons. The normalized spacial score (nSPS) is 9.61. The molecule has 0 aliphatic rings. The molecule has 1 aromatic carbocycles. The Morgan fingerprint density at radius 1 is 0.970 bits per heavy atom. The fraction of sp³-hybridized carbons (Fsp3) is 0.308. The number of amidine groups is 1. The highest BCUT2D eigenvalue weighted by Gasteiger charge is 2.21. The number of H-pyrrole nitrogens is 1. The van der Waals surface area contributed by atoms with Crippen molar-refractivity contribution in [3.63, 3.8) is 0 Å². The molecule has 33 heavy (non-hydrogen) atoms.